The van der Waals surface area contributed by atoms with Gasteiger partial charge in [-0.3, -0.25) is 0 Å². The number of aromatic nitrogens is 2. The average molecular weight is 389 g/mol. The fourth-order valence-electron chi connectivity index (χ4n) is 4.19. The van der Waals surface area contributed by atoms with Crippen LogP contribution in [0.1, 0.15) is 93.7 Å². The van der Waals surface area contributed by atoms with E-state index in [1.807, 2.05) is 18.3 Å². The highest BCUT2D eigenvalue weighted by molar-refractivity contribution is 5.82. The number of hydrogen-bond acceptors (Lipinski definition) is 4. The zero-order valence-corrected chi connectivity index (χ0v) is 18.1. The van der Waals surface area contributed by atoms with Crippen molar-refractivity contribution in [3.05, 3.63) is 58.4 Å². The van der Waals surface area contributed by atoms with Gasteiger partial charge in [0.15, 0.2) is 0 Å². The van der Waals surface area contributed by atoms with Gasteiger partial charge >= 0.3 is 0 Å². The molecule has 0 radical (unpaired) electrons. The van der Waals surface area contributed by atoms with E-state index in [1.54, 1.807) is 0 Å². The molecule has 0 spiro atoms. The summed E-state index contributed by atoms with van der Waals surface area (Å²) in [7, 11) is 0. The number of nitriles is 1. The zero-order valence-electron chi connectivity index (χ0n) is 18.1. The molecular formula is C25H32N4. The van der Waals surface area contributed by atoms with E-state index in [0.29, 0.717) is 17.5 Å². The quantitative estimate of drug-likeness (QED) is 0.610. The molecule has 1 heterocycles. The molecular weight excluding hydrogens is 356 g/mol. The van der Waals surface area contributed by atoms with Crippen LogP contribution in [0.5, 0.6) is 0 Å². The van der Waals surface area contributed by atoms with Gasteiger partial charge in [-0.1, -0.05) is 52.2 Å². The highest BCUT2D eigenvalue weighted by atomic mass is 15.1. The van der Waals surface area contributed by atoms with Gasteiger partial charge in [-0.15, -0.1) is 0 Å². The van der Waals surface area contributed by atoms with Crippen molar-refractivity contribution in [1.82, 2.24) is 9.97 Å². The lowest BCUT2D eigenvalue weighted by molar-refractivity contribution is 0.742. The summed E-state index contributed by atoms with van der Waals surface area (Å²) in [6.45, 7) is 8.60. The molecule has 0 bridgehead atoms. The predicted molar refractivity (Wildman–Crippen MR) is 120 cm³/mol. The van der Waals surface area contributed by atoms with Gasteiger partial charge in [0.1, 0.15) is 0 Å². The van der Waals surface area contributed by atoms with Crippen LogP contribution in [0.3, 0.4) is 0 Å². The van der Waals surface area contributed by atoms with Crippen molar-refractivity contribution >= 4 is 11.5 Å². The van der Waals surface area contributed by atoms with Gasteiger partial charge in [-0.05, 0) is 60.9 Å². The Morgan fingerprint density at radius 2 is 2.07 bits per heavy atom. The van der Waals surface area contributed by atoms with E-state index in [4.69, 9.17) is 4.98 Å². The summed E-state index contributed by atoms with van der Waals surface area (Å²) in [6, 6.07) is 8.75. The molecule has 1 aliphatic carbocycles. The van der Waals surface area contributed by atoms with E-state index in [1.165, 1.54) is 36.8 Å². The first-order chi connectivity index (χ1) is 14.1. The van der Waals surface area contributed by atoms with Crippen molar-refractivity contribution in [2.24, 2.45) is 0 Å². The van der Waals surface area contributed by atoms with Crippen molar-refractivity contribution in [3.8, 4) is 6.07 Å². The minimum Gasteiger partial charge on any atom is -0.351 e. The van der Waals surface area contributed by atoms with Gasteiger partial charge in [0.25, 0.3) is 0 Å². The molecule has 1 aromatic carbocycles. The Balaban J connectivity index is 2.07. The SMILES string of the molecule is C/C=C(\c1ccc(C#N)cc1C(C)C)c1nc(NC2CCCC2)ncc1CCC. The number of nitrogens with one attached hydrogen (secondary N) is 1. The van der Waals surface area contributed by atoms with Crippen LogP contribution in [0.2, 0.25) is 0 Å². The summed E-state index contributed by atoms with van der Waals surface area (Å²) in [5.41, 5.74) is 6.35. The summed E-state index contributed by atoms with van der Waals surface area (Å²) >= 11 is 0. The first-order valence-electron chi connectivity index (χ1n) is 10.9. The van der Waals surface area contributed by atoms with Crippen molar-refractivity contribution in [2.75, 3.05) is 5.32 Å². The van der Waals surface area contributed by atoms with Crippen molar-refractivity contribution < 1.29 is 0 Å². The van der Waals surface area contributed by atoms with Crippen LogP contribution in [-0.4, -0.2) is 16.0 Å². The first kappa shape index (κ1) is 21.0. The largest absolute Gasteiger partial charge is 0.351 e. The Kier molecular flexibility index (Phi) is 7.04. The molecule has 4 nitrogen and oxygen atoms in total. The van der Waals surface area contributed by atoms with Crippen LogP contribution >= 0.6 is 0 Å². The van der Waals surface area contributed by atoms with E-state index >= 15 is 0 Å². The molecule has 0 saturated heterocycles. The molecule has 29 heavy (non-hydrogen) atoms. The molecule has 0 amide bonds. The summed E-state index contributed by atoms with van der Waals surface area (Å²) in [5, 5.41) is 12.9. The Morgan fingerprint density at radius 3 is 2.69 bits per heavy atom. The van der Waals surface area contributed by atoms with Crippen LogP contribution in [0.25, 0.3) is 5.57 Å². The van der Waals surface area contributed by atoms with Gasteiger partial charge in [0, 0.05) is 17.8 Å². The van der Waals surface area contributed by atoms with Gasteiger partial charge < -0.3 is 5.32 Å². The number of nitrogens with zero attached hydrogens (tertiary/aromatic N) is 3. The number of benzene rings is 1. The number of hydrogen-bond donors (Lipinski definition) is 1. The van der Waals surface area contributed by atoms with Crippen LogP contribution in [0.15, 0.2) is 30.5 Å². The smallest absolute Gasteiger partial charge is 0.223 e. The Morgan fingerprint density at radius 1 is 1.31 bits per heavy atom. The van der Waals surface area contributed by atoms with Gasteiger partial charge in [-0.2, -0.15) is 5.26 Å². The fraction of sp³-hybridized carbons (Fsp3) is 0.480. The van der Waals surface area contributed by atoms with Crippen LogP contribution in [0.4, 0.5) is 5.95 Å². The minimum atomic E-state index is 0.320. The molecule has 1 aromatic heterocycles. The predicted octanol–water partition coefficient (Wildman–Crippen LogP) is 6.23. The van der Waals surface area contributed by atoms with Crippen LogP contribution < -0.4 is 5.32 Å². The maximum absolute atomic E-state index is 9.34. The normalized spacial score (nSPS) is 15.0. The topological polar surface area (TPSA) is 61.6 Å². The van der Waals surface area contributed by atoms with Gasteiger partial charge in [0.2, 0.25) is 5.95 Å². The molecule has 1 aliphatic rings. The molecule has 1 N–H and O–H groups in total. The van der Waals surface area contributed by atoms with E-state index in [2.05, 4.69) is 56.2 Å². The van der Waals surface area contributed by atoms with Crippen LogP contribution in [0, 0.1) is 11.3 Å². The summed E-state index contributed by atoms with van der Waals surface area (Å²) < 4.78 is 0. The Hall–Kier alpha value is -2.67. The number of allylic oxidation sites excluding steroid dienone is 1. The average Bonchev–Trinajstić information content (AvgIpc) is 3.23. The second kappa shape index (κ2) is 9.69. The monoisotopic (exact) mass is 388 g/mol. The third-order valence-corrected chi connectivity index (χ3v) is 5.71. The summed E-state index contributed by atoms with van der Waals surface area (Å²) in [6.07, 6.45) is 11.1. The highest BCUT2D eigenvalue weighted by Gasteiger charge is 2.20. The summed E-state index contributed by atoms with van der Waals surface area (Å²) in [4.78, 5) is 9.61. The first-order valence-corrected chi connectivity index (χ1v) is 10.9. The standard InChI is InChI=1S/C25H32N4/c1-5-9-19-16-27-25(28-20-10-7-8-11-20)29-24(19)21(6-2)22-13-12-18(15-26)14-23(22)17(3)4/h6,12-14,16-17,20H,5,7-11H2,1-4H3,(H,27,28,29)/b21-6+. The third-order valence-electron chi connectivity index (χ3n) is 5.71. The maximum Gasteiger partial charge on any atom is 0.223 e. The van der Waals surface area contributed by atoms with E-state index in [-0.39, 0.29) is 0 Å². The molecule has 0 unspecified atom stereocenters. The Labute approximate surface area is 175 Å². The Bertz CT molecular complexity index is 915. The number of rotatable bonds is 7. The fourth-order valence-corrected chi connectivity index (χ4v) is 4.19. The number of anilines is 1. The van der Waals surface area contributed by atoms with E-state index in [0.717, 1.165) is 35.6 Å². The summed E-state index contributed by atoms with van der Waals surface area (Å²) in [5.74, 6) is 1.05. The van der Waals surface area contributed by atoms with Crippen molar-refractivity contribution in [3.63, 3.8) is 0 Å². The van der Waals surface area contributed by atoms with Gasteiger partial charge in [-0.25, -0.2) is 9.97 Å². The molecule has 1 saturated carbocycles. The van der Waals surface area contributed by atoms with Crippen molar-refractivity contribution in [2.45, 2.75) is 78.2 Å². The third kappa shape index (κ3) is 4.85. The van der Waals surface area contributed by atoms with Gasteiger partial charge in [0.05, 0.1) is 17.3 Å². The molecule has 152 valence electrons. The lowest BCUT2D eigenvalue weighted by Crippen LogP contribution is -2.17. The molecule has 0 atom stereocenters. The lowest BCUT2D eigenvalue weighted by Gasteiger charge is -2.19. The van der Waals surface area contributed by atoms with E-state index in [9.17, 15) is 5.26 Å². The van der Waals surface area contributed by atoms with Crippen molar-refractivity contribution in [1.29, 1.82) is 5.26 Å². The molecule has 1 fully saturated rings. The second-order valence-electron chi connectivity index (χ2n) is 8.21. The minimum absolute atomic E-state index is 0.320. The molecule has 3 rings (SSSR count). The lowest BCUT2D eigenvalue weighted by atomic mass is 9.88. The maximum atomic E-state index is 9.34. The highest BCUT2D eigenvalue weighted by Crippen LogP contribution is 2.33. The molecule has 4 heteroatoms. The number of aryl methyl sites for hydroxylation is 1. The zero-order chi connectivity index (χ0) is 20.8. The molecule has 0 aliphatic heterocycles. The second-order valence-corrected chi connectivity index (χ2v) is 8.21. The van der Waals surface area contributed by atoms with Crippen LogP contribution in [-0.2, 0) is 6.42 Å². The van der Waals surface area contributed by atoms with E-state index < -0.39 is 0 Å². The molecule has 2 aromatic rings.